The first kappa shape index (κ1) is 19.5. The molecular formula is C25H21NO4. The van der Waals surface area contributed by atoms with Crippen molar-refractivity contribution in [3.8, 4) is 5.75 Å². The first-order valence-corrected chi connectivity index (χ1v) is 9.63. The molecule has 0 saturated carbocycles. The molecule has 0 fully saturated rings. The minimum atomic E-state index is -0.514. The van der Waals surface area contributed by atoms with E-state index in [0.29, 0.717) is 12.1 Å². The van der Waals surface area contributed by atoms with Crippen LogP contribution in [-0.4, -0.2) is 25.6 Å². The maximum atomic E-state index is 12.9. The van der Waals surface area contributed by atoms with Gasteiger partial charge in [0.1, 0.15) is 5.75 Å². The Morgan fingerprint density at radius 3 is 2.17 bits per heavy atom. The van der Waals surface area contributed by atoms with Crippen LogP contribution >= 0.6 is 0 Å². The Hall–Kier alpha value is -3.86. The minimum Gasteiger partial charge on any atom is -0.497 e. The molecule has 0 aromatic heterocycles. The SMILES string of the molecule is COc1cccc(CNC(=O)COC(=O)c2c3ccccc3cc3ccccc23)c1. The van der Waals surface area contributed by atoms with Crippen LogP contribution in [-0.2, 0) is 16.1 Å². The smallest absolute Gasteiger partial charge is 0.339 e. The summed E-state index contributed by atoms with van der Waals surface area (Å²) >= 11 is 0. The summed E-state index contributed by atoms with van der Waals surface area (Å²) in [5.74, 6) is -0.161. The number of esters is 1. The van der Waals surface area contributed by atoms with Crippen LogP contribution in [0.1, 0.15) is 15.9 Å². The van der Waals surface area contributed by atoms with E-state index in [1.54, 1.807) is 7.11 Å². The summed E-state index contributed by atoms with van der Waals surface area (Å²) in [4.78, 5) is 25.1. The molecule has 4 aromatic carbocycles. The van der Waals surface area contributed by atoms with E-state index < -0.39 is 5.97 Å². The van der Waals surface area contributed by atoms with E-state index in [2.05, 4.69) is 5.32 Å². The number of fused-ring (bicyclic) bond motifs is 2. The van der Waals surface area contributed by atoms with Crippen LogP contribution < -0.4 is 10.1 Å². The summed E-state index contributed by atoms with van der Waals surface area (Å²) in [6, 6.07) is 24.8. The summed E-state index contributed by atoms with van der Waals surface area (Å²) < 4.78 is 10.5. The second kappa shape index (κ2) is 8.66. The van der Waals surface area contributed by atoms with Gasteiger partial charge in [0, 0.05) is 6.54 Å². The third kappa shape index (κ3) is 4.10. The maximum Gasteiger partial charge on any atom is 0.339 e. The molecule has 150 valence electrons. The summed E-state index contributed by atoms with van der Waals surface area (Å²) in [5, 5.41) is 6.27. The van der Waals surface area contributed by atoms with Crippen molar-refractivity contribution in [3.05, 3.63) is 90.0 Å². The van der Waals surface area contributed by atoms with Crippen LogP contribution in [0.2, 0.25) is 0 Å². The highest BCUT2D eigenvalue weighted by atomic mass is 16.5. The van der Waals surface area contributed by atoms with Gasteiger partial charge in [-0.25, -0.2) is 4.79 Å². The molecule has 0 bridgehead atoms. The monoisotopic (exact) mass is 399 g/mol. The zero-order valence-electron chi connectivity index (χ0n) is 16.6. The Labute approximate surface area is 174 Å². The number of ether oxygens (including phenoxy) is 2. The van der Waals surface area contributed by atoms with Crippen LogP contribution in [0.5, 0.6) is 5.75 Å². The van der Waals surface area contributed by atoms with E-state index >= 15 is 0 Å². The molecular weight excluding hydrogens is 378 g/mol. The van der Waals surface area contributed by atoms with Crippen LogP contribution in [0.4, 0.5) is 0 Å². The number of methoxy groups -OCH3 is 1. The van der Waals surface area contributed by atoms with E-state index in [-0.39, 0.29) is 12.5 Å². The van der Waals surface area contributed by atoms with E-state index in [0.717, 1.165) is 32.9 Å². The first-order valence-electron chi connectivity index (χ1n) is 9.63. The topological polar surface area (TPSA) is 64.6 Å². The number of benzene rings is 4. The van der Waals surface area contributed by atoms with Gasteiger partial charge in [-0.1, -0.05) is 60.7 Å². The quantitative estimate of drug-likeness (QED) is 0.384. The van der Waals surface area contributed by atoms with Gasteiger partial charge < -0.3 is 14.8 Å². The van der Waals surface area contributed by atoms with Gasteiger partial charge in [-0.15, -0.1) is 0 Å². The number of amides is 1. The first-order chi connectivity index (χ1) is 14.7. The minimum absolute atomic E-state index is 0.324. The van der Waals surface area contributed by atoms with Gasteiger partial charge in [0.15, 0.2) is 6.61 Å². The summed E-state index contributed by atoms with van der Waals surface area (Å²) in [6.07, 6.45) is 0. The van der Waals surface area contributed by atoms with Gasteiger partial charge in [0.2, 0.25) is 0 Å². The van der Waals surface area contributed by atoms with Crippen molar-refractivity contribution < 1.29 is 19.1 Å². The average Bonchev–Trinajstić information content (AvgIpc) is 2.79. The van der Waals surface area contributed by atoms with Crippen molar-refractivity contribution in [1.29, 1.82) is 0 Å². The second-order valence-corrected chi connectivity index (χ2v) is 6.90. The molecule has 5 heteroatoms. The van der Waals surface area contributed by atoms with E-state index in [1.165, 1.54) is 0 Å². The Kier molecular flexibility index (Phi) is 5.61. The number of carbonyl (C=O) groups excluding carboxylic acids is 2. The predicted octanol–water partition coefficient (Wildman–Crippen LogP) is 4.47. The fraction of sp³-hybridized carbons (Fsp3) is 0.120. The summed E-state index contributed by atoms with van der Waals surface area (Å²) in [7, 11) is 1.59. The fourth-order valence-corrected chi connectivity index (χ4v) is 3.47. The van der Waals surface area contributed by atoms with Crippen molar-refractivity contribution in [2.45, 2.75) is 6.54 Å². The van der Waals surface area contributed by atoms with E-state index in [1.807, 2.05) is 78.9 Å². The molecule has 0 saturated heterocycles. The summed E-state index contributed by atoms with van der Waals surface area (Å²) in [5.41, 5.74) is 1.37. The molecule has 4 rings (SSSR count). The van der Waals surface area contributed by atoms with E-state index in [4.69, 9.17) is 9.47 Å². The molecule has 4 aromatic rings. The van der Waals surface area contributed by atoms with Crippen molar-refractivity contribution >= 4 is 33.4 Å². The zero-order chi connectivity index (χ0) is 20.9. The largest absolute Gasteiger partial charge is 0.497 e. The normalized spacial score (nSPS) is 10.7. The third-order valence-corrected chi connectivity index (χ3v) is 4.93. The number of hydrogen-bond donors (Lipinski definition) is 1. The molecule has 0 radical (unpaired) electrons. The lowest BCUT2D eigenvalue weighted by Crippen LogP contribution is -2.28. The van der Waals surface area contributed by atoms with Crippen molar-refractivity contribution in [3.63, 3.8) is 0 Å². The van der Waals surface area contributed by atoms with Gasteiger partial charge >= 0.3 is 5.97 Å². The number of carbonyl (C=O) groups is 2. The molecule has 0 aliphatic heterocycles. The lowest BCUT2D eigenvalue weighted by atomic mass is 9.97. The van der Waals surface area contributed by atoms with Crippen LogP contribution in [0.3, 0.4) is 0 Å². The standard InChI is InChI=1S/C25H21NO4/c1-29-20-10-6-7-17(13-20)15-26-23(27)16-30-25(28)24-21-11-4-2-8-18(21)14-19-9-3-5-12-22(19)24/h2-14H,15-16H2,1H3,(H,26,27). The maximum absolute atomic E-state index is 12.9. The molecule has 0 atom stereocenters. The fourth-order valence-electron chi connectivity index (χ4n) is 3.47. The van der Waals surface area contributed by atoms with Crippen molar-refractivity contribution in [2.75, 3.05) is 13.7 Å². The second-order valence-electron chi connectivity index (χ2n) is 6.90. The molecule has 0 spiro atoms. The Morgan fingerprint density at radius 1 is 0.833 bits per heavy atom. The van der Waals surface area contributed by atoms with Crippen molar-refractivity contribution in [2.24, 2.45) is 0 Å². The molecule has 1 amide bonds. The number of nitrogens with one attached hydrogen (secondary N) is 1. The van der Waals surface area contributed by atoms with E-state index in [9.17, 15) is 9.59 Å². The Morgan fingerprint density at radius 2 is 1.50 bits per heavy atom. The van der Waals surface area contributed by atoms with Crippen LogP contribution in [0, 0.1) is 0 Å². The van der Waals surface area contributed by atoms with Gasteiger partial charge in [-0.3, -0.25) is 4.79 Å². The highest BCUT2D eigenvalue weighted by molar-refractivity contribution is 6.16. The highest BCUT2D eigenvalue weighted by Crippen LogP contribution is 2.29. The Balaban J connectivity index is 1.48. The number of hydrogen-bond acceptors (Lipinski definition) is 4. The van der Waals surface area contributed by atoms with Gasteiger partial charge in [0.25, 0.3) is 5.91 Å². The molecule has 5 nitrogen and oxygen atoms in total. The molecule has 30 heavy (non-hydrogen) atoms. The lowest BCUT2D eigenvalue weighted by Gasteiger charge is -2.12. The van der Waals surface area contributed by atoms with Gasteiger partial charge in [-0.05, 0) is 45.3 Å². The molecule has 1 N–H and O–H groups in total. The van der Waals surface area contributed by atoms with Crippen LogP contribution in [0.15, 0.2) is 78.9 Å². The van der Waals surface area contributed by atoms with Gasteiger partial charge in [0.05, 0.1) is 12.7 Å². The van der Waals surface area contributed by atoms with Crippen LogP contribution in [0.25, 0.3) is 21.5 Å². The molecule has 0 aliphatic rings. The average molecular weight is 399 g/mol. The summed E-state index contributed by atoms with van der Waals surface area (Å²) in [6.45, 7) is -0.0227. The lowest BCUT2D eigenvalue weighted by molar-refractivity contribution is -0.124. The molecule has 0 heterocycles. The molecule has 0 unspecified atom stereocenters. The predicted molar refractivity (Wildman–Crippen MR) is 117 cm³/mol. The molecule has 0 aliphatic carbocycles. The zero-order valence-corrected chi connectivity index (χ0v) is 16.6. The highest BCUT2D eigenvalue weighted by Gasteiger charge is 2.17. The van der Waals surface area contributed by atoms with Gasteiger partial charge in [-0.2, -0.15) is 0 Å². The third-order valence-electron chi connectivity index (χ3n) is 4.93. The van der Waals surface area contributed by atoms with Crippen molar-refractivity contribution in [1.82, 2.24) is 5.32 Å². The Bertz CT molecular complexity index is 1180. The number of rotatable bonds is 6.